The van der Waals surface area contributed by atoms with E-state index in [9.17, 15) is 40.1 Å². The molecule has 1 aromatic carbocycles. The van der Waals surface area contributed by atoms with Crippen LogP contribution in [0.5, 0.6) is 0 Å². The first kappa shape index (κ1) is 23.8. The molecule has 0 radical (unpaired) electrons. The molecule has 1 fully saturated rings. The molecule has 0 saturated heterocycles. The Morgan fingerprint density at radius 1 is 1.15 bits per heavy atom. The molecule has 178 valence electrons. The fourth-order valence-electron chi connectivity index (χ4n) is 3.40. The predicted octanol–water partition coefficient (Wildman–Crippen LogP) is 2.42. The zero-order valence-corrected chi connectivity index (χ0v) is 19.0. The van der Waals surface area contributed by atoms with Crippen LogP contribution < -0.4 is 5.56 Å². The number of hydrogen-bond donors (Lipinski definition) is 0. The van der Waals surface area contributed by atoms with Crippen molar-refractivity contribution in [3.8, 4) is 11.9 Å². The van der Waals surface area contributed by atoms with Crippen molar-refractivity contribution in [1.29, 1.82) is 5.26 Å². The molecule has 34 heavy (non-hydrogen) atoms. The number of alkyl halides is 3. The van der Waals surface area contributed by atoms with Gasteiger partial charge in [-0.1, -0.05) is 13.0 Å². The molecule has 0 aliphatic heterocycles. The highest BCUT2D eigenvalue weighted by Crippen LogP contribution is 2.48. The summed E-state index contributed by atoms with van der Waals surface area (Å²) in [4.78, 5) is 15.7. The Balaban J connectivity index is 1.98. The van der Waals surface area contributed by atoms with Crippen LogP contribution in [0.3, 0.4) is 0 Å². The van der Waals surface area contributed by atoms with Crippen molar-refractivity contribution in [2.24, 2.45) is 0 Å². The first-order valence-corrected chi connectivity index (χ1v) is 12.9. The maximum absolute atomic E-state index is 13.1. The predicted molar refractivity (Wildman–Crippen MR) is 113 cm³/mol. The maximum Gasteiger partial charge on any atom is 0.501 e. The van der Waals surface area contributed by atoms with Crippen molar-refractivity contribution in [1.82, 2.24) is 14.8 Å². The quantitative estimate of drug-likeness (QED) is 0.508. The molecule has 1 aliphatic carbocycles. The summed E-state index contributed by atoms with van der Waals surface area (Å²) in [5.74, 6) is -0.767. The van der Waals surface area contributed by atoms with E-state index in [0.717, 1.165) is 12.3 Å². The molecule has 9 nitrogen and oxygen atoms in total. The summed E-state index contributed by atoms with van der Waals surface area (Å²) in [6, 6.07) is 5.64. The third-order valence-corrected chi connectivity index (χ3v) is 8.85. The number of rotatable bonds is 5. The first-order valence-electron chi connectivity index (χ1n) is 9.76. The van der Waals surface area contributed by atoms with E-state index in [-0.39, 0.29) is 16.0 Å². The van der Waals surface area contributed by atoms with Gasteiger partial charge >= 0.3 is 5.51 Å². The zero-order valence-electron chi connectivity index (χ0n) is 17.4. The van der Waals surface area contributed by atoms with Gasteiger partial charge in [-0.25, -0.2) is 21.8 Å². The van der Waals surface area contributed by atoms with Gasteiger partial charge in [-0.05, 0) is 36.6 Å². The van der Waals surface area contributed by atoms with Crippen LogP contribution in [0.4, 0.5) is 13.2 Å². The summed E-state index contributed by atoms with van der Waals surface area (Å²) in [5.41, 5.74) is -7.15. The number of benzene rings is 1. The standard InChI is InChI=1S/C20H15F3N4O5S2/c1-2-33(29,30)16-7-13(19(11-24)5-6-19)10-25-17(16)27-18(28)15-8-14(4-3-12(15)9-26-27)34(31,32)20(21,22)23/h3-4,7-10H,2,5-6H2,1H3. The number of sulfone groups is 2. The van der Waals surface area contributed by atoms with E-state index in [4.69, 9.17) is 0 Å². The van der Waals surface area contributed by atoms with E-state index in [1.54, 1.807) is 0 Å². The molecule has 3 aromatic rings. The third kappa shape index (κ3) is 3.64. The number of fused-ring (bicyclic) bond motifs is 1. The fraction of sp³-hybridized carbons (Fsp3) is 0.300. The molecule has 2 heterocycles. The molecule has 0 spiro atoms. The molecule has 14 heteroatoms. The Bertz CT molecular complexity index is 1650. The zero-order chi connectivity index (χ0) is 25.1. The maximum atomic E-state index is 13.1. The summed E-state index contributed by atoms with van der Waals surface area (Å²) in [7, 11) is -9.70. The average Bonchev–Trinajstić information content (AvgIpc) is 3.59. The smallest absolute Gasteiger partial charge is 0.267 e. The molecule has 2 aromatic heterocycles. The Labute approximate surface area is 191 Å². The minimum Gasteiger partial charge on any atom is -0.267 e. The lowest BCUT2D eigenvalue weighted by molar-refractivity contribution is -0.0435. The van der Waals surface area contributed by atoms with Gasteiger partial charge in [0.15, 0.2) is 15.7 Å². The molecular weight excluding hydrogens is 497 g/mol. The van der Waals surface area contributed by atoms with E-state index in [0.29, 0.717) is 35.2 Å². The highest BCUT2D eigenvalue weighted by Gasteiger charge is 2.47. The molecule has 0 unspecified atom stereocenters. The van der Waals surface area contributed by atoms with E-state index in [2.05, 4.69) is 16.2 Å². The largest absolute Gasteiger partial charge is 0.501 e. The van der Waals surface area contributed by atoms with Crippen LogP contribution in [0.25, 0.3) is 16.6 Å². The number of aromatic nitrogens is 3. The highest BCUT2D eigenvalue weighted by atomic mass is 32.2. The summed E-state index contributed by atoms with van der Waals surface area (Å²) in [6.45, 7) is 1.37. The Kier molecular flexibility index (Phi) is 5.33. The van der Waals surface area contributed by atoms with Gasteiger partial charge in [0, 0.05) is 11.6 Å². The monoisotopic (exact) mass is 512 g/mol. The minimum absolute atomic E-state index is 0.0420. The van der Waals surface area contributed by atoms with Gasteiger partial charge in [-0.15, -0.1) is 0 Å². The molecule has 1 saturated carbocycles. The second kappa shape index (κ2) is 7.60. The Morgan fingerprint density at radius 3 is 2.38 bits per heavy atom. The fourth-order valence-corrected chi connectivity index (χ4v) is 5.23. The summed E-state index contributed by atoms with van der Waals surface area (Å²) >= 11 is 0. The van der Waals surface area contributed by atoms with Crippen LogP contribution in [-0.2, 0) is 25.1 Å². The lowest BCUT2D eigenvalue weighted by atomic mass is 10.00. The van der Waals surface area contributed by atoms with E-state index >= 15 is 0 Å². The lowest BCUT2D eigenvalue weighted by Crippen LogP contribution is -2.26. The van der Waals surface area contributed by atoms with Gasteiger partial charge in [-0.2, -0.15) is 28.2 Å². The molecular formula is C20H15F3N4O5S2. The van der Waals surface area contributed by atoms with E-state index in [1.807, 2.05) is 0 Å². The average molecular weight is 512 g/mol. The number of nitrogens with zero attached hydrogens (tertiary/aromatic N) is 4. The molecule has 4 rings (SSSR count). The number of pyridine rings is 1. The van der Waals surface area contributed by atoms with Crippen molar-refractivity contribution in [2.45, 2.75) is 40.5 Å². The van der Waals surface area contributed by atoms with Gasteiger partial charge in [0.1, 0.15) is 4.90 Å². The first-order chi connectivity index (χ1) is 15.8. The van der Waals surface area contributed by atoms with Crippen molar-refractivity contribution in [2.75, 3.05) is 5.75 Å². The van der Waals surface area contributed by atoms with Crippen LogP contribution in [-0.4, -0.2) is 42.9 Å². The molecule has 0 N–H and O–H groups in total. The third-order valence-electron chi connectivity index (χ3n) is 5.64. The van der Waals surface area contributed by atoms with E-state index in [1.165, 1.54) is 19.2 Å². The molecule has 0 amide bonds. The minimum atomic E-state index is -5.73. The van der Waals surface area contributed by atoms with Crippen LogP contribution in [0.2, 0.25) is 0 Å². The van der Waals surface area contributed by atoms with Crippen molar-refractivity contribution in [3.05, 3.63) is 52.6 Å². The second-order valence-corrected chi connectivity index (χ2v) is 11.9. The van der Waals surface area contributed by atoms with E-state index < -0.39 is 52.3 Å². The molecule has 0 atom stereocenters. The van der Waals surface area contributed by atoms with Crippen molar-refractivity contribution >= 4 is 30.4 Å². The Morgan fingerprint density at radius 2 is 1.82 bits per heavy atom. The van der Waals surface area contributed by atoms with Gasteiger partial charge in [0.2, 0.25) is 0 Å². The second-order valence-electron chi connectivity index (χ2n) is 7.70. The molecule has 0 bridgehead atoms. The van der Waals surface area contributed by atoms with Crippen molar-refractivity contribution < 1.29 is 30.0 Å². The summed E-state index contributed by atoms with van der Waals surface area (Å²) in [5, 5.41) is 12.9. The van der Waals surface area contributed by atoms with Gasteiger partial charge < -0.3 is 0 Å². The summed E-state index contributed by atoms with van der Waals surface area (Å²) in [6.07, 6.45) is 3.36. The van der Waals surface area contributed by atoms with Crippen LogP contribution in [0.1, 0.15) is 25.3 Å². The van der Waals surface area contributed by atoms with Crippen molar-refractivity contribution in [3.63, 3.8) is 0 Å². The normalized spacial score (nSPS) is 15.7. The Hall–Kier alpha value is -3.31. The van der Waals surface area contributed by atoms with Crippen LogP contribution in [0.15, 0.2) is 51.2 Å². The number of nitriles is 1. The molecule has 1 aliphatic rings. The van der Waals surface area contributed by atoms with Gasteiger partial charge in [-0.3, -0.25) is 4.79 Å². The number of halogens is 3. The van der Waals surface area contributed by atoms with Gasteiger partial charge in [0.25, 0.3) is 15.4 Å². The van der Waals surface area contributed by atoms with Crippen LogP contribution >= 0.6 is 0 Å². The van der Waals surface area contributed by atoms with Gasteiger partial charge in [0.05, 0.1) is 33.7 Å². The number of hydrogen-bond acceptors (Lipinski definition) is 8. The summed E-state index contributed by atoms with van der Waals surface area (Å²) < 4.78 is 88.6. The lowest BCUT2D eigenvalue weighted by Gasteiger charge is -2.14. The topological polar surface area (TPSA) is 140 Å². The SMILES string of the molecule is CCS(=O)(=O)c1cc(C2(C#N)CC2)cnc1-n1ncc2ccc(S(=O)(=O)C(F)(F)F)cc2c1=O. The highest BCUT2D eigenvalue weighted by molar-refractivity contribution is 7.92. The van der Waals surface area contributed by atoms with Crippen LogP contribution in [0, 0.1) is 11.3 Å².